The first kappa shape index (κ1) is 11.7. The molecule has 18 heavy (non-hydrogen) atoms. The summed E-state index contributed by atoms with van der Waals surface area (Å²) in [6.45, 7) is 2.61. The summed E-state index contributed by atoms with van der Waals surface area (Å²) < 4.78 is 8.32. The molecule has 0 aliphatic rings. The number of benzene rings is 1. The summed E-state index contributed by atoms with van der Waals surface area (Å²) in [6.07, 6.45) is 1.90. The molecule has 0 unspecified atom stereocenters. The second kappa shape index (κ2) is 4.37. The van der Waals surface area contributed by atoms with Crippen LogP contribution in [-0.4, -0.2) is 16.7 Å². The largest absolute Gasteiger partial charge is 0.364 e. The number of halogens is 1. The normalized spacial score (nSPS) is 11.5. The molecule has 0 aliphatic heterocycles. The Morgan fingerprint density at radius 1 is 1.33 bits per heavy atom. The lowest BCUT2D eigenvalue weighted by molar-refractivity contribution is 0.138. The van der Waals surface area contributed by atoms with E-state index in [4.69, 9.17) is 4.74 Å². The number of hydrogen-bond donors (Lipinski definition) is 0. The van der Waals surface area contributed by atoms with Gasteiger partial charge in [-0.25, -0.2) is 4.98 Å². The number of methoxy groups -OCH3 is 1. The first-order chi connectivity index (χ1) is 8.74. The van der Waals surface area contributed by atoms with Gasteiger partial charge in [0.2, 0.25) is 0 Å². The quantitative estimate of drug-likeness (QED) is 0.672. The maximum absolute atomic E-state index is 5.31. The predicted molar refractivity (Wildman–Crippen MR) is 76.7 cm³/mol. The third kappa shape index (κ3) is 1.56. The molecule has 0 aliphatic carbocycles. The van der Waals surface area contributed by atoms with Crippen LogP contribution in [0.2, 0.25) is 0 Å². The van der Waals surface area contributed by atoms with Crippen LogP contribution in [0.1, 0.15) is 5.56 Å². The lowest BCUT2D eigenvalue weighted by atomic mass is 10.1. The van der Waals surface area contributed by atoms with Gasteiger partial charge in [0, 0.05) is 24.1 Å². The van der Waals surface area contributed by atoms with Crippen LogP contribution in [0.25, 0.3) is 21.8 Å². The highest BCUT2D eigenvalue weighted by atomic mass is 79.9. The molecule has 0 fully saturated rings. The Morgan fingerprint density at radius 2 is 2.11 bits per heavy atom. The maximum atomic E-state index is 5.31. The first-order valence-electron chi connectivity index (χ1n) is 5.75. The number of fused-ring (bicyclic) bond motifs is 3. The van der Waals surface area contributed by atoms with Crippen molar-refractivity contribution in [1.29, 1.82) is 0 Å². The highest BCUT2D eigenvalue weighted by molar-refractivity contribution is 9.10. The van der Waals surface area contributed by atoms with Crippen molar-refractivity contribution < 1.29 is 4.74 Å². The van der Waals surface area contributed by atoms with Gasteiger partial charge in [0.1, 0.15) is 11.3 Å². The zero-order valence-electron chi connectivity index (χ0n) is 10.3. The van der Waals surface area contributed by atoms with E-state index in [9.17, 15) is 0 Å². The number of rotatable bonds is 2. The molecule has 1 aromatic carbocycles. The molecule has 0 amide bonds. The third-order valence-electron chi connectivity index (χ3n) is 3.19. The number of ether oxygens (including phenoxy) is 1. The van der Waals surface area contributed by atoms with Gasteiger partial charge in [0.15, 0.2) is 0 Å². The van der Waals surface area contributed by atoms with Gasteiger partial charge in [0.05, 0.1) is 11.0 Å². The zero-order chi connectivity index (χ0) is 12.7. The smallest absolute Gasteiger partial charge is 0.130 e. The fraction of sp³-hybridized carbons (Fsp3) is 0.214. The molecular formula is C14H13BrN2O. The first-order valence-corrected chi connectivity index (χ1v) is 6.54. The predicted octanol–water partition coefficient (Wildman–Crippen LogP) is 3.86. The molecule has 92 valence electrons. The van der Waals surface area contributed by atoms with Gasteiger partial charge in [-0.15, -0.1) is 0 Å². The van der Waals surface area contributed by atoms with E-state index in [1.54, 1.807) is 7.11 Å². The summed E-state index contributed by atoms with van der Waals surface area (Å²) in [6, 6.07) is 8.36. The molecule has 3 rings (SSSR count). The van der Waals surface area contributed by atoms with Gasteiger partial charge in [0.25, 0.3) is 0 Å². The van der Waals surface area contributed by atoms with Crippen molar-refractivity contribution in [3.63, 3.8) is 0 Å². The summed E-state index contributed by atoms with van der Waals surface area (Å²) in [4.78, 5) is 4.39. The molecule has 3 aromatic rings. The molecule has 0 atom stereocenters. The van der Waals surface area contributed by atoms with Gasteiger partial charge >= 0.3 is 0 Å². The van der Waals surface area contributed by atoms with Gasteiger partial charge in [-0.2, -0.15) is 0 Å². The Bertz CT molecular complexity index is 733. The van der Waals surface area contributed by atoms with Crippen molar-refractivity contribution in [2.45, 2.75) is 13.7 Å². The van der Waals surface area contributed by atoms with E-state index in [0.717, 1.165) is 10.1 Å². The Kier molecular flexibility index (Phi) is 2.84. The maximum Gasteiger partial charge on any atom is 0.130 e. The number of aryl methyl sites for hydroxylation is 1. The summed E-state index contributed by atoms with van der Waals surface area (Å²) in [7, 11) is 1.71. The molecule has 2 heterocycles. The van der Waals surface area contributed by atoms with Crippen LogP contribution >= 0.6 is 15.9 Å². The lowest BCUT2D eigenvalue weighted by Crippen LogP contribution is -2.00. The number of hydrogen-bond acceptors (Lipinski definition) is 2. The number of para-hydroxylation sites is 1. The minimum absolute atomic E-state index is 0.522. The third-order valence-corrected chi connectivity index (χ3v) is 3.77. The molecule has 0 bridgehead atoms. The molecule has 2 aromatic heterocycles. The van der Waals surface area contributed by atoms with Crippen molar-refractivity contribution in [1.82, 2.24) is 9.55 Å². The van der Waals surface area contributed by atoms with Crippen molar-refractivity contribution in [3.8, 4) is 0 Å². The second-order valence-electron chi connectivity index (χ2n) is 4.32. The van der Waals surface area contributed by atoms with Crippen LogP contribution in [0.3, 0.4) is 0 Å². The molecule has 0 spiro atoms. The minimum atomic E-state index is 0.522. The molecule has 0 radical (unpaired) electrons. The lowest BCUT2D eigenvalue weighted by Gasteiger charge is -2.06. The highest BCUT2D eigenvalue weighted by Gasteiger charge is 2.15. The van der Waals surface area contributed by atoms with Crippen LogP contribution in [0.15, 0.2) is 35.1 Å². The van der Waals surface area contributed by atoms with E-state index in [1.807, 2.05) is 12.3 Å². The van der Waals surface area contributed by atoms with Crippen molar-refractivity contribution in [2.75, 3.05) is 7.11 Å². The molecule has 4 heteroatoms. The molecular weight excluding hydrogens is 292 g/mol. The van der Waals surface area contributed by atoms with Crippen molar-refractivity contribution >= 4 is 37.7 Å². The number of aromatic nitrogens is 2. The Morgan fingerprint density at radius 3 is 2.89 bits per heavy atom. The van der Waals surface area contributed by atoms with Crippen LogP contribution in [-0.2, 0) is 11.5 Å². The van der Waals surface area contributed by atoms with Gasteiger partial charge < -0.3 is 9.30 Å². The van der Waals surface area contributed by atoms with Gasteiger partial charge in [-0.05, 0) is 34.5 Å². The van der Waals surface area contributed by atoms with Gasteiger partial charge in [-0.3, -0.25) is 0 Å². The minimum Gasteiger partial charge on any atom is -0.364 e. The highest BCUT2D eigenvalue weighted by Crippen LogP contribution is 2.34. The standard InChI is InChI=1S/C14H13BrN2O/c1-9-7-16-14(15)13-12(9)10-5-3-4-6-11(10)17(13)8-18-2/h3-7H,8H2,1-2H3. The summed E-state index contributed by atoms with van der Waals surface area (Å²) in [5.74, 6) is 0. The fourth-order valence-corrected chi connectivity index (χ4v) is 2.97. The average Bonchev–Trinajstić information content (AvgIpc) is 2.71. The van der Waals surface area contributed by atoms with Crippen molar-refractivity contribution in [2.24, 2.45) is 0 Å². The number of nitrogens with zero attached hydrogens (tertiary/aromatic N) is 2. The van der Waals surface area contributed by atoms with E-state index < -0.39 is 0 Å². The topological polar surface area (TPSA) is 27.1 Å². The van der Waals surface area contributed by atoms with Gasteiger partial charge in [-0.1, -0.05) is 18.2 Å². The van der Waals surface area contributed by atoms with E-state index in [-0.39, 0.29) is 0 Å². The molecule has 0 saturated heterocycles. The zero-order valence-corrected chi connectivity index (χ0v) is 11.9. The van der Waals surface area contributed by atoms with Crippen molar-refractivity contribution in [3.05, 3.63) is 40.6 Å². The van der Waals surface area contributed by atoms with E-state index in [2.05, 4.69) is 50.6 Å². The monoisotopic (exact) mass is 304 g/mol. The molecule has 3 nitrogen and oxygen atoms in total. The van der Waals surface area contributed by atoms with Crippen LogP contribution in [0.5, 0.6) is 0 Å². The Balaban J connectivity index is 2.58. The van der Waals surface area contributed by atoms with Crippen LogP contribution in [0, 0.1) is 6.92 Å². The Hall–Kier alpha value is -1.39. The Labute approximate surface area is 114 Å². The summed E-state index contributed by atoms with van der Waals surface area (Å²) in [5, 5.41) is 2.48. The van der Waals surface area contributed by atoms with Crippen LogP contribution in [0.4, 0.5) is 0 Å². The number of pyridine rings is 1. The molecule has 0 N–H and O–H groups in total. The SMILES string of the molecule is COCn1c2ccccc2c2c(C)cnc(Br)c21. The van der Waals surface area contributed by atoms with Crippen LogP contribution < -0.4 is 0 Å². The summed E-state index contributed by atoms with van der Waals surface area (Å²) in [5.41, 5.74) is 3.45. The average molecular weight is 305 g/mol. The fourth-order valence-electron chi connectivity index (χ4n) is 2.46. The summed E-state index contributed by atoms with van der Waals surface area (Å²) >= 11 is 3.54. The molecule has 0 saturated carbocycles. The van der Waals surface area contributed by atoms with E-state index >= 15 is 0 Å². The second-order valence-corrected chi connectivity index (χ2v) is 5.07. The van der Waals surface area contributed by atoms with E-state index in [1.165, 1.54) is 21.9 Å². The van der Waals surface area contributed by atoms with E-state index in [0.29, 0.717) is 6.73 Å².